The fraction of sp³-hybridized carbons (Fsp3) is 0.933. The van der Waals surface area contributed by atoms with E-state index in [9.17, 15) is 4.79 Å². The van der Waals surface area contributed by atoms with E-state index in [-0.39, 0.29) is 18.1 Å². The van der Waals surface area contributed by atoms with Gasteiger partial charge in [-0.25, -0.2) is 0 Å². The molecule has 0 bridgehead atoms. The van der Waals surface area contributed by atoms with Crippen molar-refractivity contribution in [1.82, 2.24) is 4.90 Å². The van der Waals surface area contributed by atoms with Crippen LogP contribution >= 0.6 is 11.6 Å². The summed E-state index contributed by atoms with van der Waals surface area (Å²) >= 11 is 5.79. The van der Waals surface area contributed by atoms with E-state index < -0.39 is 0 Å². The molecule has 1 amide bonds. The Labute approximate surface area is 121 Å². The first kappa shape index (κ1) is 15.1. The highest BCUT2D eigenvalue weighted by molar-refractivity contribution is 6.17. The van der Waals surface area contributed by atoms with Crippen molar-refractivity contribution >= 4 is 17.5 Å². The van der Waals surface area contributed by atoms with Crippen LogP contribution in [0.5, 0.6) is 0 Å². The van der Waals surface area contributed by atoms with Crippen molar-refractivity contribution in [3.05, 3.63) is 0 Å². The minimum absolute atomic E-state index is 0.0194. The second-order valence-corrected chi connectivity index (χ2v) is 6.47. The average Bonchev–Trinajstić information content (AvgIpc) is 2.55. The van der Waals surface area contributed by atoms with Gasteiger partial charge in [0.2, 0.25) is 5.91 Å². The fourth-order valence-electron chi connectivity index (χ4n) is 3.28. The molecule has 0 aromatic carbocycles. The number of amides is 1. The van der Waals surface area contributed by atoms with Gasteiger partial charge >= 0.3 is 0 Å². The van der Waals surface area contributed by atoms with Gasteiger partial charge in [0.05, 0.1) is 18.1 Å². The molecule has 2 fully saturated rings. The molecule has 4 heteroatoms. The lowest BCUT2D eigenvalue weighted by Crippen LogP contribution is -2.49. The van der Waals surface area contributed by atoms with E-state index in [0.717, 1.165) is 25.8 Å². The van der Waals surface area contributed by atoms with Crippen LogP contribution in [0.2, 0.25) is 0 Å². The maximum Gasteiger partial charge on any atom is 0.228 e. The SMILES string of the molecule is CC1OC(C)C(C(=O)N(CCCCl)C2CCC2)C1C. The predicted octanol–water partition coefficient (Wildman–Crippen LogP) is 3.06. The van der Waals surface area contributed by atoms with Gasteiger partial charge in [0, 0.05) is 18.5 Å². The second kappa shape index (κ2) is 6.45. The summed E-state index contributed by atoms with van der Waals surface area (Å²) in [6.07, 6.45) is 4.66. The Hall–Kier alpha value is -0.280. The minimum atomic E-state index is 0.0194. The largest absolute Gasteiger partial charge is 0.374 e. The third kappa shape index (κ3) is 3.08. The third-order valence-corrected chi connectivity index (χ3v) is 5.13. The van der Waals surface area contributed by atoms with E-state index in [0.29, 0.717) is 23.7 Å². The van der Waals surface area contributed by atoms with Crippen molar-refractivity contribution in [2.75, 3.05) is 12.4 Å². The van der Waals surface area contributed by atoms with Crippen LogP contribution in [-0.2, 0) is 9.53 Å². The van der Waals surface area contributed by atoms with Crippen molar-refractivity contribution in [3.63, 3.8) is 0 Å². The zero-order chi connectivity index (χ0) is 14.0. The van der Waals surface area contributed by atoms with Crippen LogP contribution in [-0.4, -0.2) is 41.5 Å². The number of halogens is 1. The molecule has 110 valence electrons. The van der Waals surface area contributed by atoms with Crippen LogP contribution in [0.25, 0.3) is 0 Å². The van der Waals surface area contributed by atoms with Gasteiger partial charge in [-0.3, -0.25) is 4.79 Å². The van der Waals surface area contributed by atoms with Gasteiger partial charge in [-0.05, 0) is 45.4 Å². The van der Waals surface area contributed by atoms with Crippen molar-refractivity contribution < 1.29 is 9.53 Å². The average molecular weight is 288 g/mol. The van der Waals surface area contributed by atoms with Crippen LogP contribution < -0.4 is 0 Å². The molecule has 1 saturated carbocycles. The maximum atomic E-state index is 12.9. The molecule has 4 atom stereocenters. The highest BCUT2D eigenvalue weighted by Gasteiger charge is 2.44. The molecule has 2 rings (SSSR count). The van der Waals surface area contributed by atoms with E-state index >= 15 is 0 Å². The fourth-order valence-corrected chi connectivity index (χ4v) is 3.40. The van der Waals surface area contributed by atoms with Crippen LogP contribution in [0.4, 0.5) is 0 Å². The van der Waals surface area contributed by atoms with Gasteiger partial charge < -0.3 is 9.64 Å². The van der Waals surface area contributed by atoms with E-state index in [2.05, 4.69) is 18.7 Å². The quantitative estimate of drug-likeness (QED) is 0.728. The first-order valence-electron chi connectivity index (χ1n) is 7.58. The molecule has 0 aromatic rings. The topological polar surface area (TPSA) is 29.5 Å². The Bertz CT molecular complexity index is 319. The Morgan fingerprint density at radius 3 is 2.37 bits per heavy atom. The monoisotopic (exact) mass is 287 g/mol. The number of ether oxygens (including phenoxy) is 1. The van der Waals surface area contributed by atoms with Crippen molar-refractivity contribution in [3.8, 4) is 0 Å². The van der Waals surface area contributed by atoms with Crippen LogP contribution in [0, 0.1) is 11.8 Å². The summed E-state index contributed by atoms with van der Waals surface area (Å²) in [6.45, 7) is 7.04. The molecule has 0 aromatic heterocycles. The van der Waals surface area contributed by atoms with Crippen LogP contribution in [0.3, 0.4) is 0 Å². The summed E-state index contributed by atoms with van der Waals surface area (Å²) in [5, 5.41) is 0. The zero-order valence-electron chi connectivity index (χ0n) is 12.3. The lowest BCUT2D eigenvalue weighted by atomic mass is 9.85. The van der Waals surface area contributed by atoms with Crippen molar-refractivity contribution in [2.24, 2.45) is 11.8 Å². The number of hydrogen-bond donors (Lipinski definition) is 0. The highest BCUT2D eigenvalue weighted by Crippen LogP contribution is 2.36. The summed E-state index contributed by atoms with van der Waals surface area (Å²) in [7, 11) is 0. The molecule has 19 heavy (non-hydrogen) atoms. The van der Waals surface area contributed by atoms with E-state index in [1.807, 2.05) is 6.92 Å². The lowest BCUT2D eigenvalue weighted by Gasteiger charge is -2.40. The lowest BCUT2D eigenvalue weighted by molar-refractivity contribution is -0.142. The summed E-state index contributed by atoms with van der Waals surface area (Å²) in [6, 6.07) is 0.450. The molecular weight excluding hydrogens is 262 g/mol. The first-order chi connectivity index (χ1) is 9.06. The summed E-state index contributed by atoms with van der Waals surface area (Å²) in [5.41, 5.74) is 0. The Kier molecular flexibility index (Phi) is 5.13. The molecule has 1 saturated heterocycles. The molecule has 0 spiro atoms. The Morgan fingerprint density at radius 1 is 1.26 bits per heavy atom. The van der Waals surface area contributed by atoms with E-state index in [1.54, 1.807) is 0 Å². The van der Waals surface area contributed by atoms with Crippen LogP contribution in [0.1, 0.15) is 46.5 Å². The van der Waals surface area contributed by atoms with Gasteiger partial charge in [-0.15, -0.1) is 11.6 Å². The number of hydrogen-bond acceptors (Lipinski definition) is 2. The van der Waals surface area contributed by atoms with Gasteiger partial charge in [-0.1, -0.05) is 6.92 Å². The van der Waals surface area contributed by atoms with Crippen molar-refractivity contribution in [1.29, 1.82) is 0 Å². The molecule has 0 radical (unpaired) electrons. The molecule has 2 aliphatic rings. The smallest absolute Gasteiger partial charge is 0.228 e. The number of carbonyl (C=O) groups is 1. The first-order valence-corrected chi connectivity index (χ1v) is 8.11. The number of rotatable bonds is 5. The van der Waals surface area contributed by atoms with Gasteiger partial charge in [0.1, 0.15) is 0 Å². The van der Waals surface area contributed by atoms with E-state index in [4.69, 9.17) is 16.3 Å². The number of alkyl halides is 1. The Balaban J connectivity index is 2.05. The number of nitrogens with zero attached hydrogens (tertiary/aromatic N) is 1. The molecule has 3 nitrogen and oxygen atoms in total. The van der Waals surface area contributed by atoms with E-state index in [1.165, 1.54) is 6.42 Å². The maximum absolute atomic E-state index is 12.9. The molecule has 4 unspecified atom stereocenters. The van der Waals surface area contributed by atoms with Crippen LogP contribution in [0.15, 0.2) is 0 Å². The standard InChI is InChI=1S/C15H26ClNO2/c1-10-11(2)19-12(3)14(10)15(18)17(9-5-8-16)13-6-4-7-13/h10-14H,4-9H2,1-3H3. The molecular formula is C15H26ClNO2. The summed E-state index contributed by atoms with van der Waals surface area (Å²) in [5.74, 6) is 1.24. The van der Waals surface area contributed by atoms with Gasteiger partial charge in [0.25, 0.3) is 0 Å². The third-order valence-electron chi connectivity index (χ3n) is 4.86. The summed E-state index contributed by atoms with van der Waals surface area (Å²) < 4.78 is 5.82. The molecule has 1 heterocycles. The minimum Gasteiger partial charge on any atom is -0.374 e. The predicted molar refractivity (Wildman–Crippen MR) is 77.4 cm³/mol. The van der Waals surface area contributed by atoms with Gasteiger partial charge in [-0.2, -0.15) is 0 Å². The normalized spacial score (nSPS) is 35.2. The molecule has 1 aliphatic carbocycles. The number of carbonyl (C=O) groups excluding carboxylic acids is 1. The summed E-state index contributed by atoms with van der Waals surface area (Å²) in [4.78, 5) is 14.9. The second-order valence-electron chi connectivity index (χ2n) is 6.09. The molecule has 1 aliphatic heterocycles. The zero-order valence-corrected chi connectivity index (χ0v) is 13.0. The Morgan fingerprint density at radius 2 is 1.95 bits per heavy atom. The van der Waals surface area contributed by atoms with Gasteiger partial charge in [0.15, 0.2) is 0 Å². The molecule has 0 N–H and O–H groups in total. The highest BCUT2D eigenvalue weighted by atomic mass is 35.5. The van der Waals surface area contributed by atoms with Crippen molar-refractivity contribution in [2.45, 2.75) is 64.7 Å².